The second-order valence-corrected chi connectivity index (χ2v) is 4.11. The molecular weight excluding hydrogens is 196 g/mol. The highest BCUT2D eigenvalue weighted by Crippen LogP contribution is 2.35. The first kappa shape index (κ1) is 9.81. The zero-order chi connectivity index (χ0) is 9.97. The molecule has 0 amide bonds. The minimum atomic E-state index is 0.457. The van der Waals surface area contributed by atoms with Crippen molar-refractivity contribution in [1.82, 2.24) is 0 Å². The molecule has 0 saturated carbocycles. The normalized spacial score (nSPS) is 20.9. The molecule has 1 aliphatic heterocycles. The van der Waals surface area contributed by atoms with Crippen LogP contribution in [0.25, 0.3) is 0 Å². The Hall–Kier alpha value is -0.730. The summed E-state index contributed by atoms with van der Waals surface area (Å²) in [6.45, 7) is 1.70. The monoisotopic (exact) mass is 210 g/mol. The Morgan fingerprint density at radius 1 is 1.50 bits per heavy atom. The Morgan fingerprint density at radius 3 is 3.14 bits per heavy atom. The molecule has 0 saturated heterocycles. The molecule has 1 aromatic carbocycles. The number of rotatable bonds is 1. The van der Waals surface area contributed by atoms with Gasteiger partial charge in [-0.1, -0.05) is 23.7 Å². The molecule has 3 N–H and O–H groups in total. The first-order chi connectivity index (χ1) is 6.83. The Balaban J connectivity index is 2.44. The van der Waals surface area contributed by atoms with Gasteiger partial charge in [-0.3, -0.25) is 0 Å². The maximum atomic E-state index is 6.13. The van der Waals surface area contributed by atoms with Crippen LogP contribution in [-0.4, -0.2) is 13.1 Å². The van der Waals surface area contributed by atoms with Gasteiger partial charge in [0.2, 0.25) is 0 Å². The number of nitrogens with two attached hydrogens (primary N) is 1. The van der Waals surface area contributed by atoms with Crippen molar-refractivity contribution in [2.45, 2.75) is 18.8 Å². The van der Waals surface area contributed by atoms with E-state index in [1.54, 1.807) is 0 Å². The lowest BCUT2D eigenvalue weighted by Gasteiger charge is -2.15. The van der Waals surface area contributed by atoms with Gasteiger partial charge in [0, 0.05) is 6.54 Å². The molecule has 1 aliphatic rings. The summed E-state index contributed by atoms with van der Waals surface area (Å²) in [6, 6.07) is 6.04. The predicted molar refractivity (Wildman–Crippen MR) is 61.0 cm³/mol. The average Bonchev–Trinajstić information content (AvgIpc) is 2.40. The number of halogens is 1. The SMILES string of the molecule is NCC1CCCNc2c(Cl)cccc21. The van der Waals surface area contributed by atoms with E-state index in [0.29, 0.717) is 12.5 Å². The number of anilines is 1. The van der Waals surface area contributed by atoms with Gasteiger partial charge < -0.3 is 11.1 Å². The van der Waals surface area contributed by atoms with Crippen LogP contribution in [0.2, 0.25) is 5.02 Å². The molecule has 0 radical (unpaired) electrons. The fraction of sp³-hybridized carbons (Fsp3) is 0.455. The highest BCUT2D eigenvalue weighted by atomic mass is 35.5. The topological polar surface area (TPSA) is 38.0 Å². The molecule has 1 unspecified atom stereocenters. The van der Waals surface area contributed by atoms with Gasteiger partial charge in [-0.05, 0) is 36.9 Å². The first-order valence-corrected chi connectivity index (χ1v) is 5.43. The Morgan fingerprint density at radius 2 is 2.36 bits per heavy atom. The maximum absolute atomic E-state index is 6.13. The highest BCUT2D eigenvalue weighted by molar-refractivity contribution is 6.33. The van der Waals surface area contributed by atoms with Crippen LogP contribution in [0.3, 0.4) is 0 Å². The van der Waals surface area contributed by atoms with Crippen LogP contribution in [0.15, 0.2) is 18.2 Å². The largest absolute Gasteiger partial charge is 0.384 e. The third kappa shape index (κ3) is 1.72. The maximum Gasteiger partial charge on any atom is 0.0640 e. The van der Waals surface area contributed by atoms with E-state index in [9.17, 15) is 0 Å². The van der Waals surface area contributed by atoms with Crippen molar-refractivity contribution in [3.63, 3.8) is 0 Å². The van der Waals surface area contributed by atoms with E-state index in [4.69, 9.17) is 17.3 Å². The van der Waals surface area contributed by atoms with Gasteiger partial charge in [-0.15, -0.1) is 0 Å². The molecule has 0 aliphatic carbocycles. The molecule has 0 fully saturated rings. The van der Waals surface area contributed by atoms with Crippen molar-refractivity contribution in [2.24, 2.45) is 5.73 Å². The van der Waals surface area contributed by atoms with Gasteiger partial charge in [0.15, 0.2) is 0 Å². The summed E-state index contributed by atoms with van der Waals surface area (Å²) in [7, 11) is 0. The van der Waals surface area contributed by atoms with Gasteiger partial charge >= 0.3 is 0 Å². The summed E-state index contributed by atoms with van der Waals surface area (Å²) < 4.78 is 0. The molecule has 0 bridgehead atoms. The lowest BCUT2D eigenvalue weighted by atomic mass is 9.94. The number of nitrogens with one attached hydrogen (secondary N) is 1. The van der Waals surface area contributed by atoms with Gasteiger partial charge in [-0.25, -0.2) is 0 Å². The van der Waals surface area contributed by atoms with Crippen LogP contribution < -0.4 is 11.1 Å². The van der Waals surface area contributed by atoms with E-state index >= 15 is 0 Å². The summed E-state index contributed by atoms with van der Waals surface area (Å²) in [4.78, 5) is 0. The van der Waals surface area contributed by atoms with Crippen molar-refractivity contribution >= 4 is 17.3 Å². The van der Waals surface area contributed by atoms with E-state index < -0.39 is 0 Å². The summed E-state index contributed by atoms with van der Waals surface area (Å²) in [5.41, 5.74) is 8.13. The highest BCUT2D eigenvalue weighted by Gasteiger charge is 2.18. The average molecular weight is 211 g/mol. The molecule has 1 atom stereocenters. The third-order valence-corrected chi connectivity index (χ3v) is 3.12. The number of fused-ring (bicyclic) bond motifs is 1. The number of para-hydroxylation sites is 1. The first-order valence-electron chi connectivity index (χ1n) is 5.05. The van der Waals surface area contributed by atoms with Crippen LogP contribution in [-0.2, 0) is 0 Å². The van der Waals surface area contributed by atoms with E-state index in [2.05, 4.69) is 11.4 Å². The van der Waals surface area contributed by atoms with Crippen LogP contribution in [0, 0.1) is 0 Å². The van der Waals surface area contributed by atoms with Crippen LogP contribution in [0.5, 0.6) is 0 Å². The van der Waals surface area contributed by atoms with Crippen LogP contribution in [0.1, 0.15) is 24.3 Å². The lowest BCUT2D eigenvalue weighted by Crippen LogP contribution is -2.12. The Kier molecular flexibility index (Phi) is 2.94. The molecule has 3 heteroatoms. The van der Waals surface area contributed by atoms with Crippen molar-refractivity contribution in [3.8, 4) is 0 Å². The molecule has 14 heavy (non-hydrogen) atoms. The molecule has 0 spiro atoms. The third-order valence-electron chi connectivity index (χ3n) is 2.80. The lowest BCUT2D eigenvalue weighted by molar-refractivity contribution is 0.626. The fourth-order valence-electron chi connectivity index (χ4n) is 2.03. The smallest absolute Gasteiger partial charge is 0.0640 e. The quantitative estimate of drug-likeness (QED) is 0.748. The van der Waals surface area contributed by atoms with Crippen molar-refractivity contribution < 1.29 is 0 Å². The number of hydrogen-bond donors (Lipinski definition) is 2. The van der Waals surface area contributed by atoms with E-state index in [1.165, 1.54) is 5.56 Å². The van der Waals surface area contributed by atoms with E-state index in [1.807, 2.05) is 12.1 Å². The van der Waals surface area contributed by atoms with Crippen molar-refractivity contribution in [3.05, 3.63) is 28.8 Å². The standard InChI is InChI=1S/C11H15ClN2/c12-10-5-1-4-9-8(7-13)3-2-6-14-11(9)10/h1,4-5,8,14H,2-3,6-7,13H2. The zero-order valence-corrected chi connectivity index (χ0v) is 8.85. The summed E-state index contributed by atoms with van der Waals surface area (Å²) in [5.74, 6) is 0.457. The molecule has 0 aromatic heterocycles. The summed E-state index contributed by atoms with van der Waals surface area (Å²) in [6.07, 6.45) is 2.31. The van der Waals surface area contributed by atoms with Crippen LogP contribution in [0.4, 0.5) is 5.69 Å². The predicted octanol–water partition coefficient (Wildman–Crippen LogP) is 2.59. The fourth-order valence-corrected chi connectivity index (χ4v) is 2.28. The van der Waals surface area contributed by atoms with Gasteiger partial charge in [0.25, 0.3) is 0 Å². The van der Waals surface area contributed by atoms with Crippen molar-refractivity contribution in [1.29, 1.82) is 0 Å². The molecule has 2 nitrogen and oxygen atoms in total. The number of hydrogen-bond acceptors (Lipinski definition) is 2. The zero-order valence-electron chi connectivity index (χ0n) is 8.09. The summed E-state index contributed by atoms with van der Waals surface area (Å²) >= 11 is 6.13. The number of benzene rings is 1. The molecule has 76 valence electrons. The minimum absolute atomic E-state index is 0.457. The second-order valence-electron chi connectivity index (χ2n) is 3.71. The molecular formula is C11H15ClN2. The van der Waals surface area contributed by atoms with E-state index in [0.717, 1.165) is 30.1 Å². The van der Waals surface area contributed by atoms with Crippen molar-refractivity contribution in [2.75, 3.05) is 18.4 Å². The van der Waals surface area contributed by atoms with Gasteiger partial charge in [0.1, 0.15) is 0 Å². The van der Waals surface area contributed by atoms with Gasteiger partial charge in [-0.2, -0.15) is 0 Å². The van der Waals surface area contributed by atoms with E-state index in [-0.39, 0.29) is 0 Å². The molecule has 1 heterocycles. The minimum Gasteiger partial charge on any atom is -0.384 e. The molecule has 2 rings (SSSR count). The van der Waals surface area contributed by atoms with Crippen LogP contribution >= 0.6 is 11.6 Å². The summed E-state index contributed by atoms with van der Waals surface area (Å²) in [5, 5.41) is 4.18. The second kappa shape index (κ2) is 4.20. The Bertz CT molecular complexity index is 325. The Labute approximate surface area is 89.4 Å². The molecule has 1 aromatic rings. The van der Waals surface area contributed by atoms with Gasteiger partial charge in [0.05, 0.1) is 10.7 Å².